The van der Waals surface area contributed by atoms with Crippen molar-refractivity contribution in [2.24, 2.45) is 0 Å². The van der Waals surface area contributed by atoms with E-state index in [2.05, 4.69) is 49.2 Å². The number of piperazine rings is 1. The van der Waals surface area contributed by atoms with Crippen molar-refractivity contribution in [2.75, 3.05) is 36.4 Å². The second-order valence-corrected chi connectivity index (χ2v) is 9.43. The van der Waals surface area contributed by atoms with Crippen LogP contribution in [-0.2, 0) is 11.3 Å². The van der Waals surface area contributed by atoms with E-state index < -0.39 is 0 Å². The molecule has 0 unspecified atom stereocenters. The number of hydrogen-bond acceptors (Lipinski definition) is 6. The number of carbonyl (C=O) groups excluding carboxylic acids is 2. The fourth-order valence-corrected chi connectivity index (χ4v) is 4.40. The number of amides is 2. The number of anilines is 2. The van der Waals surface area contributed by atoms with Crippen LogP contribution in [0.3, 0.4) is 0 Å². The Morgan fingerprint density at radius 2 is 1.73 bits per heavy atom. The van der Waals surface area contributed by atoms with Gasteiger partial charge < -0.3 is 20.0 Å². The first-order valence-corrected chi connectivity index (χ1v) is 11.7. The highest BCUT2D eigenvalue weighted by atomic mass is 16.2. The van der Waals surface area contributed by atoms with E-state index in [-0.39, 0.29) is 23.9 Å². The van der Waals surface area contributed by atoms with Gasteiger partial charge in [-0.15, -0.1) is 0 Å². The Hall–Kier alpha value is -3.16. The van der Waals surface area contributed by atoms with Crippen LogP contribution in [0.15, 0.2) is 18.2 Å². The van der Waals surface area contributed by atoms with E-state index in [1.54, 1.807) is 6.92 Å². The van der Waals surface area contributed by atoms with Gasteiger partial charge >= 0.3 is 0 Å². The third-order valence-electron chi connectivity index (χ3n) is 6.80. The number of benzene rings is 1. The predicted molar refractivity (Wildman–Crippen MR) is 129 cm³/mol. The topological polar surface area (TPSA) is 81.7 Å². The van der Waals surface area contributed by atoms with Crippen LogP contribution >= 0.6 is 0 Å². The van der Waals surface area contributed by atoms with Crippen molar-refractivity contribution in [2.45, 2.75) is 60.2 Å². The Kier molecular flexibility index (Phi) is 6.28. The molecule has 2 aliphatic heterocycles. The molecule has 0 spiro atoms. The molecule has 2 aliphatic rings. The lowest BCUT2D eigenvalue weighted by Gasteiger charge is -2.34. The minimum atomic E-state index is -0.0482. The highest BCUT2D eigenvalue weighted by Gasteiger charge is 2.35. The normalized spacial score (nSPS) is 16.9. The quantitative estimate of drug-likeness (QED) is 0.753. The molecule has 33 heavy (non-hydrogen) atoms. The first-order chi connectivity index (χ1) is 15.7. The minimum absolute atomic E-state index is 0.0221. The Bertz CT molecular complexity index is 1070. The van der Waals surface area contributed by atoms with Crippen LogP contribution < -0.4 is 10.2 Å². The maximum atomic E-state index is 13.1. The molecule has 1 saturated heterocycles. The third-order valence-corrected chi connectivity index (χ3v) is 6.80. The predicted octanol–water partition coefficient (Wildman–Crippen LogP) is 3.30. The average molecular weight is 451 g/mol. The summed E-state index contributed by atoms with van der Waals surface area (Å²) in [5.74, 6) is 1.29. The van der Waals surface area contributed by atoms with E-state index in [9.17, 15) is 9.59 Å². The van der Waals surface area contributed by atoms with Crippen LogP contribution in [0.4, 0.5) is 11.8 Å². The van der Waals surface area contributed by atoms with E-state index in [0.29, 0.717) is 50.2 Å². The van der Waals surface area contributed by atoms with Crippen LogP contribution in [-0.4, -0.2) is 63.8 Å². The summed E-state index contributed by atoms with van der Waals surface area (Å²) in [4.78, 5) is 40.2. The molecule has 1 atom stereocenters. The first-order valence-electron chi connectivity index (χ1n) is 11.7. The van der Waals surface area contributed by atoms with Crippen molar-refractivity contribution < 1.29 is 9.59 Å². The highest BCUT2D eigenvalue weighted by molar-refractivity contribution is 5.98. The number of aromatic nitrogens is 2. The van der Waals surface area contributed by atoms with E-state index in [4.69, 9.17) is 9.97 Å². The summed E-state index contributed by atoms with van der Waals surface area (Å²) in [6.45, 7) is 15.0. The molecule has 0 aliphatic carbocycles. The Morgan fingerprint density at radius 3 is 2.33 bits per heavy atom. The zero-order valence-corrected chi connectivity index (χ0v) is 20.5. The number of fused-ring (bicyclic) bond motifs is 1. The molecular weight excluding hydrogens is 416 g/mol. The number of carbonyl (C=O) groups is 2. The molecule has 2 amide bonds. The monoisotopic (exact) mass is 450 g/mol. The van der Waals surface area contributed by atoms with Gasteiger partial charge in [0.2, 0.25) is 11.9 Å². The molecule has 8 heteroatoms. The van der Waals surface area contributed by atoms with Crippen molar-refractivity contribution in [3.63, 3.8) is 0 Å². The average Bonchev–Trinajstić information content (AvgIpc) is 3.12. The van der Waals surface area contributed by atoms with Gasteiger partial charge in [0.25, 0.3) is 5.91 Å². The number of nitrogens with zero attached hydrogens (tertiary/aromatic N) is 5. The number of hydrogen-bond donors (Lipinski definition) is 1. The lowest BCUT2D eigenvalue weighted by Crippen LogP contribution is -2.48. The summed E-state index contributed by atoms with van der Waals surface area (Å²) in [5, 5.41) is 3.57. The molecule has 8 nitrogen and oxygen atoms in total. The largest absolute Gasteiger partial charge is 0.363 e. The van der Waals surface area contributed by atoms with Crippen LogP contribution in [0.1, 0.15) is 66.5 Å². The van der Waals surface area contributed by atoms with Gasteiger partial charge in [0, 0.05) is 50.7 Å². The Balaban J connectivity index is 1.67. The smallest absolute Gasteiger partial charge is 0.273 e. The second kappa shape index (κ2) is 9.00. The van der Waals surface area contributed by atoms with Crippen LogP contribution in [0.2, 0.25) is 0 Å². The van der Waals surface area contributed by atoms with Crippen molar-refractivity contribution >= 4 is 23.6 Å². The maximum absolute atomic E-state index is 13.1. The van der Waals surface area contributed by atoms with E-state index in [1.165, 1.54) is 16.7 Å². The molecule has 1 aromatic heterocycles. The van der Waals surface area contributed by atoms with Gasteiger partial charge in [-0.05, 0) is 51.3 Å². The van der Waals surface area contributed by atoms with Crippen LogP contribution in [0.25, 0.3) is 0 Å². The van der Waals surface area contributed by atoms with Gasteiger partial charge in [0.05, 0.1) is 6.54 Å². The third kappa shape index (κ3) is 4.51. The van der Waals surface area contributed by atoms with E-state index >= 15 is 0 Å². The number of aryl methyl sites for hydroxylation is 2. The van der Waals surface area contributed by atoms with Gasteiger partial charge in [0.15, 0.2) is 0 Å². The molecule has 1 fully saturated rings. The maximum Gasteiger partial charge on any atom is 0.273 e. The lowest BCUT2D eigenvalue weighted by atomic mass is 10.0. The first kappa shape index (κ1) is 23.0. The summed E-state index contributed by atoms with van der Waals surface area (Å²) in [5.41, 5.74) is 5.03. The summed E-state index contributed by atoms with van der Waals surface area (Å²) in [6, 6.07) is 6.57. The van der Waals surface area contributed by atoms with Crippen LogP contribution in [0, 0.1) is 13.8 Å². The van der Waals surface area contributed by atoms with Crippen molar-refractivity contribution in [1.29, 1.82) is 0 Å². The standard InChI is InChI=1S/C25H34N6O2/c1-15(2)31-14-21-22(24(31)33)27-25(30-11-9-29(10-12-30)19(6)32)28-23(21)26-18(5)20-8-7-16(3)17(4)13-20/h7-8,13,15,18H,9-12,14H2,1-6H3,(H,26,27,28)/t18-/m1/s1. The van der Waals surface area contributed by atoms with Crippen molar-refractivity contribution in [1.82, 2.24) is 19.8 Å². The SMILES string of the molecule is CC(=O)N1CCN(c2nc(N[C@H](C)c3ccc(C)c(C)c3)c3c(n2)C(=O)N(C(C)C)C3)CC1. The molecule has 1 aromatic carbocycles. The Labute approximate surface area is 196 Å². The molecule has 0 bridgehead atoms. The van der Waals surface area contributed by atoms with E-state index in [1.807, 2.05) is 23.6 Å². The van der Waals surface area contributed by atoms with E-state index in [0.717, 1.165) is 5.56 Å². The molecule has 0 radical (unpaired) electrons. The molecule has 2 aromatic rings. The zero-order chi connectivity index (χ0) is 23.9. The Morgan fingerprint density at radius 1 is 1.03 bits per heavy atom. The minimum Gasteiger partial charge on any atom is -0.363 e. The fourth-order valence-electron chi connectivity index (χ4n) is 4.40. The summed E-state index contributed by atoms with van der Waals surface area (Å²) in [6.07, 6.45) is 0. The molecular formula is C25H34N6O2. The van der Waals surface area contributed by atoms with Gasteiger partial charge in [-0.1, -0.05) is 18.2 Å². The highest BCUT2D eigenvalue weighted by Crippen LogP contribution is 2.32. The summed E-state index contributed by atoms with van der Waals surface area (Å²) < 4.78 is 0. The number of rotatable bonds is 5. The van der Waals surface area contributed by atoms with Gasteiger partial charge in [0.1, 0.15) is 11.5 Å². The molecule has 1 N–H and O–H groups in total. The molecule has 4 rings (SSSR count). The van der Waals surface area contributed by atoms with Gasteiger partial charge in [-0.25, -0.2) is 4.98 Å². The fraction of sp³-hybridized carbons (Fsp3) is 0.520. The van der Waals surface area contributed by atoms with Crippen LogP contribution in [0.5, 0.6) is 0 Å². The number of nitrogens with one attached hydrogen (secondary N) is 1. The van der Waals surface area contributed by atoms with Gasteiger partial charge in [-0.2, -0.15) is 4.98 Å². The lowest BCUT2D eigenvalue weighted by molar-refractivity contribution is -0.129. The zero-order valence-electron chi connectivity index (χ0n) is 20.5. The molecule has 3 heterocycles. The molecule has 176 valence electrons. The van der Waals surface area contributed by atoms with Crippen molar-refractivity contribution in [3.05, 3.63) is 46.1 Å². The second-order valence-electron chi connectivity index (χ2n) is 9.43. The van der Waals surface area contributed by atoms with Crippen molar-refractivity contribution in [3.8, 4) is 0 Å². The van der Waals surface area contributed by atoms with Gasteiger partial charge in [-0.3, -0.25) is 9.59 Å². The summed E-state index contributed by atoms with van der Waals surface area (Å²) in [7, 11) is 0. The molecule has 0 saturated carbocycles. The summed E-state index contributed by atoms with van der Waals surface area (Å²) >= 11 is 0.